The van der Waals surface area contributed by atoms with Crippen LogP contribution in [0.2, 0.25) is 0 Å². The van der Waals surface area contributed by atoms with E-state index >= 15 is 0 Å². The third-order valence-corrected chi connectivity index (χ3v) is 1.57. The van der Waals surface area contributed by atoms with E-state index in [9.17, 15) is 4.79 Å². The molecule has 0 aliphatic carbocycles. The molecular formula is C9H7IO. The van der Waals surface area contributed by atoms with Crippen molar-refractivity contribution in [1.29, 1.82) is 0 Å². The summed E-state index contributed by atoms with van der Waals surface area (Å²) in [6, 6.07) is 9.74. The minimum absolute atomic E-state index is 0.0476. The fraction of sp³-hybridized carbons (Fsp3) is 0. The Hall–Kier alpha value is -0.640. The van der Waals surface area contributed by atoms with Gasteiger partial charge >= 0.3 is 0 Å². The molecule has 0 amide bonds. The first-order valence-corrected chi connectivity index (χ1v) is 4.29. The zero-order chi connectivity index (χ0) is 8.10. The van der Waals surface area contributed by atoms with Gasteiger partial charge in [-0.3, -0.25) is 4.79 Å². The smallest absolute Gasteiger partial charge is 0.215 e. The highest BCUT2D eigenvalue weighted by molar-refractivity contribution is 14.1. The number of benzene rings is 1. The van der Waals surface area contributed by atoms with Gasteiger partial charge in [-0.1, -0.05) is 36.4 Å². The molecule has 0 heterocycles. The quantitative estimate of drug-likeness (QED) is 0.452. The van der Waals surface area contributed by atoms with E-state index in [1.807, 2.05) is 30.3 Å². The minimum atomic E-state index is 0.0476. The first-order valence-electron chi connectivity index (χ1n) is 3.21. The van der Waals surface area contributed by atoms with Crippen LogP contribution in [0.1, 0.15) is 5.56 Å². The number of allylic oxidation sites excluding steroid dienone is 1. The van der Waals surface area contributed by atoms with E-state index in [0.29, 0.717) is 0 Å². The van der Waals surface area contributed by atoms with Crippen molar-refractivity contribution in [3.05, 3.63) is 42.0 Å². The van der Waals surface area contributed by atoms with Crippen molar-refractivity contribution >= 4 is 32.5 Å². The number of halogens is 1. The maximum absolute atomic E-state index is 10.5. The van der Waals surface area contributed by atoms with Gasteiger partial charge < -0.3 is 0 Å². The lowest BCUT2D eigenvalue weighted by Gasteiger charge is -1.87. The van der Waals surface area contributed by atoms with Crippen LogP contribution >= 0.6 is 22.6 Å². The Kier molecular flexibility index (Phi) is 3.29. The van der Waals surface area contributed by atoms with Crippen molar-refractivity contribution in [2.75, 3.05) is 0 Å². The second-order valence-corrected chi connectivity index (χ2v) is 3.11. The third kappa shape index (κ3) is 3.32. The first kappa shape index (κ1) is 8.46. The van der Waals surface area contributed by atoms with E-state index < -0.39 is 0 Å². The zero-order valence-electron chi connectivity index (χ0n) is 5.83. The van der Waals surface area contributed by atoms with E-state index in [4.69, 9.17) is 0 Å². The standard InChI is InChI=1S/C9H7IO/c10-9(11)7-6-8-4-2-1-3-5-8/h1-7H/b7-6+. The summed E-state index contributed by atoms with van der Waals surface area (Å²) in [4.78, 5) is 10.5. The predicted molar refractivity (Wildman–Crippen MR) is 54.5 cm³/mol. The molecule has 1 aromatic carbocycles. The molecule has 0 atom stereocenters. The molecule has 0 radical (unpaired) electrons. The van der Waals surface area contributed by atoms with Crippen molar-refractivity contribution in [1.82, 2.24) is 0 Å². The molecule has 0 saturated heterocycles. The summed E-state index contributed by atoms with van der Waals surface area (Å²) in [7, 11) is 0. The van der Waals surface area contributed by atoms with Gasteiger partial charge in [0.25, 0.3) is 0 Å². The average molecular weight is 258 g/mol. The van der Waals surface area contributed by atoms with E-state index in [2.05, 4.69) is 0 Å². The maximum atomic E-state index is 10.5. The van der Waals surface area contributed by atoms with E-state index in [1.165, 1.54) is 0 Å². The van der Waals surface area contributed by atoms with Gasteiger partial charge in [0, 0.05) is 22.6 Å². The van der Waals surface area contributed by atoms with Crippen molar-refractivity contribution in [2.24, 2.45) is 0 Å². The molecule has 0 aromatic heterocycles. The van der Waals surface area contributed by atoms with Crippen molar-refractivity contribution < 1.29 is 4.79 Å². The van der Waals surface area contributed by atoms with Crippen LogP contribution in [-0.2, 0) is 4.79 Å². The fourth-order valence-electron chi connectivity index (χ4n) is 0.726. The van der Waals surface area contributed by atoms with E-state index in [-0.39, 0.29) is 3.79 Å². The van der Waals surface area contributed by atoms with Gasteiger partial charge in [0.15, 0.2) is 0 Å². The number of carbonyl (C=O) groups is 1. The van der Waals surface area contributed by atoms with Crippen LogP contribution in [0.15, 0.2) is 36.4 Å². The van der Waals surface area contributed by atoms with Gasteiger partial charge in [0.1, 0.15) is 0 Å². The molecule has 0 fully saturated rings. The summed E-state index contributed by atoms with van der Waals surface area (Å²) in [6.07, 6.45) is 3.35. The van der Waals surface area contributed by atoms with Crippen LogP contribution in [0, 0.1) is 0 Å². The van der Waals surface area contributed by atoms with Gasteiger partial charge in [0.05, 0.1) is 0 Å². The van der Waals surface area contributed by atoms with Crippen LogP contribution in [0.25, 0.3) is 6.08 Å². The Labute approximate surface area is 79.3 Å². The lowest BCUT2D eigenvalue weighted by molar-refractivity contribution is -0.105. The normalized spacial score (nSPS) is 10.3. The highest BCUT2D eigenvalue weighted by atomic mass is 127. The van der Waals surface area contributed by atoms with Gasteiger partial charge in [-0.25, -0.2) is 0 Å². The molecule has 11 heavy (non-hydrogen) atoms. The number of carbonyl (C=O) groups excluding carboxylic acids is 1. The molecule has 2 heteroatoms. The largest absolute Gasteiger partial charge is 0.283 e. The number of hydrogen-bond donors (Lipinski definition) is 0. The van der Waals surface area contributed by atoms with Gasteiger partial charge in [-0.05, 0) is 11.6 Å². The topological polar surface area (TPSA) is 17.1 Å². The molecule has 0 saturated carbocycles. The third-order valence-electron chi connectivity index (χ3n) is 1.21. The van der Waals surface area contributed by atoms with Crippen LogP contribution in [0.4, 0.5) is 0 Å². The summed E-state index contributed by atoms with van der Waals surface area (Å²) < 4.78 is 0.0476. The maximum Gasteiger partial charge on any atom is 0.215 e. The van der Waals surface area contributed by atoms with E-state index in [0.717, 1.165) is 5.56 Å². The summed E-state index contributed by atoms with van der Waals surface area (Å²) in [6.45, 7) is 0. The van der Waals surface area contributed by atoms with Gasteiger partial charge in [-0.2, -0.15) is 0 Å². The Balaban J connectivity index is 2.72. The van der Waals surface area contributed by atoms with Gasteiger partial charge in [0.2, 0.25) is 3.79 Å². The molecule has 0 aliphatic rings. The first-order chi connectivity index (χ1) is 5.29. The predicted octanol–water partition coefficient (Wildman–Crippen LogP) is 2.66. The highest BCUT2D eigenvalue weighted by Crippen LogP contribution is 2.01. The highest BCUT2D eigenvalue weighted by Gasteiger charge is 1.85. The summed E-state index contributed by atoms with van der Waals surface area (Å²) >= 11 is 1.74. The minimum Gasteiger partial charge on any atom is -0.283 e. The number of hydrogen-bond acceptors (Lipinski definition) is 1. The molecule has 56 valence electrons. The molecule has 1 rings (SSSR count). The Bertz CT molecular complexity index is 264. The fourth-order valence-corrected chi connectivity index (χ4v) is 0.906. The van der Waals surface area contributed by atoms with Crippen LogP contribution in [-0.4, -0.2) is 3.79 Å². The van der Waals surface area contributed by atoms with Crippen LogP contribution in [0.3, 0.4) is 0 Å². The molecule has 0 unspecified atom stereocenters. The second-order valence-electron chi connectivity index (χ2n) is 2.05. The summed E-state index contributed by atoms with van der Waals surface area (Å²) in [5.74, 6) is 0. The van der Waals surface area contributed by atoms with Crippen molar-refractivity contribution in [3.8, 4) is 0 Å². The lowest BCUT2D eigenvalue weighted by Crippen LogP contribution is -1.74. The molecule has 0 aliphatic heterocycles. The molecular weight excluding hydrogens is 251 g/mol. The number of rotatable bonds is 2. The van der Waals surface area contributed by atoms with Crippen molar-refractivity contribution in [2.45, 2.75) is 0 Å². The molecule has 0 spiro atoms. The Morgan fingerprint density at radius 3 is 2.45 bits per heavy atom. The second kappa shape index (κ2) is 4.28. The Morgan fingerprint density at radius 1 is 1.27 bits per heavy atom. The molecule has 1 aromatic rings. The molecule has 1 nitrogen and oxygen atoms in total. The summed E-state index contributed by atoms with van der Waals surface area (Å²) in [5, 5.41) is 0. The van der Waals surface area contributed by atoms with Gasteiger partial charge in [-0.15, -0.1) is 0 Å². The van der Waals surface area contributed by atoms with Crippen LogP contribution in [0.5, 0.6) is 0 Å². The molecule has 0 bridgehead atoms. The zero-order valence-corrected chi connectivity index (χ0v) is 7.99. The van der Waals surface area contributed by atoms with Crippen LogP contribution < -0.4 is 0 Å². The Morgan fingerprint density at radius 2 is 1.91 bits per heavy atom. The molecule has 0 N–H and O–H groups in total. The monoisotopic (exact) mass is 258 g/mol. The lowest BCUT2D eigenvalue weighted by atomic mass is 10.2. The summed E-state index contributed by atoms with van der Waals surface area (Å²) in [5.41, 5.74) is 1.05. The SMILES string of the molecule is O=C(I)/C=C/c1ccccc1. The van der Waals surface area contributed by atoms with Crippen molar-refractivity contribution in [3.63, 3.8) is 0 Å². The van der Waals surface area contributed by atoms with E-state index in [1.54, 1.807) is 34.7 Å². The average Bonchev–Trinajstić information content (AvgIpc) is 2.03.